The van der Waals surface area contributed by atoms with Gasteiger partial charge in [0.05, 0.1) is 7.11 Å². The molecule has 0 spiro atoms. The minimum Gasteiger partial charge on any atom is -0.504 e. The van der Waals surface area contributed by atoms with Gasteiger partial charge >= 0.3 is 0 Å². The molecule has 0 aromatic heterocycles. The number of methoxy groups -OCH3 is 1. The molecule has 3 aliphatic rings. The molecule has 0 amide bonds. The fraction of sp³-hybridized carbons (Fsp3) is 0.571. The average molecular weight is 248 g/mol. The lowest BCUT2D eigenvalue weighted by molar-refractivity contribution is 0.0975. The van der Waals surface area contributed by atoms with Crippen molar-refractivity contribution in [1.29, 1.82) is 0 Å². The van der Waals surface area contributed by atoms with Crippen LogP contribution < -0.4 is 10.1 Å². The summed E-state index contributed by atoms with van der Waals surface area (Å²) in [5, 5.41) is 13.3. The molecule has 0 aliphatic carbocycles. The van der Waals surface area contributed by atoms with E-state index in [1.54, 1.807) is 19.2 Å². The molecule has 1 aromatic carbocycles. The number of anilines is 1. The second-order valence-electron chi connectivity index (χ2n) is 5.28. The van der Waals surface area contributed by atoms with Gasteiger partial charge in [-0.05, 0) is 44.0 Å². The fourth-order valence-corrected chi connectivity index (χ4v) is 3.12. The van der Waals surface area contributed by atoms with E-state index in [-0.39, 0.29) is 5.75 Å². The van der Waals surface area contributed by atoms with Crippen molar-refractivity contribution in [2.75, 3.05) is 32.1 Å². The van der Waals surface area contributed by atoms with Gasteiger partial charge in [-0.25, -0.2) is 0 Å². The molecule has 2 bridgehead atoms. The van der Waals surface area contributed by atoms with Crippen LogP contribution in [0, 0.1) is 5.92 Å². The predicted octanol–water partition coefficient (Wildman–Crippen LogP) is 1.91. The highest BCUT2D eigenvalue weighted by Gasteiger charge is 2.33. The highest BCUT2D eigenvalue weighted by atomic mass is 16.5. The summed E-state index contributed by atoms with van der Waals surface area (Å²) in [6.07, 6.45) is 2.58. The van der Waals surface area contributed by atoms with Crippen molar-refractivity contribution in [3.8, 4) is 11.5 Å². The molecule has 0 radical (unpaired) electrons. The second-order valence-corrected chi connectivity index (χ2v) is 5.28. The number of fused-ring (bicyclic) bond motifs is 3. The Kier molecular flexibility index (Phi) is 3.04. The van der Waals surface area contributed by atoms with Crippen LogP contribution in [0.1, 0.15) is 12.8 Å². The van der Waals surface area contributed by atoms with Crippen LogP contribution in [0.25, 0.3) is 0 Å². The molecule has 1 atom stereocenters. The maximum atomic E-state index is 9.78. The van der Waals surface area contributed by atoms with Crippen molar-refractivity contribution in [3.63, 3.8) is 0 Å². The van der Waals surface area contributed by atoms with E-state index in [0.717, 1.165) is 18.2 Å². The minimum atomic E-state index is 0.198. The van der Waals surface area contributed by atoms with Gasteiger partial charge in [-0.3, -0.25) is 0 Å². The average Bonchev–Trinajstić information content (AvgIpc) is 2.40. The Balaban J connectivity index is 1.71. The van der Waals surface area contributed by atoms with Gasteiger partial charge in [0.15, 0.2) is 11.5 Å². The van der Waals surface area contributed by atoms with E-state index in [2.05, 4.69) is 10.2 Å². The zero-order chi connectivity index (χ0) is 12.5. The van der Waals surface area contributed by atoms with Crippen LogP contribution in [-0.2, 0) is 0 Å². The maximum Gasteiger partial charge on any atom is 0.160 e. The molecule has 98 valence electrons. The fourth-order valence-electron chi connectivity index (χ4n) is 3.12. The number of ether oxygens (including phenoxy) is 1. The number of benzene rings is 1. The number of nitrogens with one attached hydrogen (secondary N) is 1. The molecule has 2 N–H and O–H groups in total. The number of hydrogen-bond acceptors (Lipinski definition) is 4. The van der Waals surface area contributed by atoms with Crippen LogP contribution >= 0.6 is 0 Å². The predicted molar refractivity (Wildman–Crippen MR) is 71.2 cm³/mol. The van der Waals surface area contributed by atoms with Gasteiger partial charge in [0, 0.05) is 24.3 Å². The quantitative estimate of drug-likeness (QED) is 0.857. The van der Waals surface area contributed by atoms with E-state index < -0.39 is 0 Å². The zero-order valence-corrected chi connectivity index (χ0v) is 10.7. The first-order valence-corrected chi connectivity index (χ1v) is 6.62. The molecular formula is C14H20N2O2. The number of phenolic OH excluding ortho intramolecular Hbond substituents is 1. The summed E-state index contributed by atoms with van der Waals surface area (Å²) in [5.74, 6) is 1.50. The van der Waals surface area contributed by atoms with Crippen molar-refractivity contribution in [3.05, 3.63) is 18.2 Å². The van der Waals surface area contributed by atoms with Gasteiger partial charge in [-0.2, -0.15) is 0 Å². The minimum absolute atomic E-state index is 0.198. The van der Waals surface area contributed by atoms with Crippen molar-refractivity contribution < 1.29 is 9.84 Å². The Hall–Kier alpha value is -1.42. The number of piperidine rings is 3. The first-order chi connectivity index (χ1) is 8.76. The number of nitrogens with zero attached hydrogens (tertiary/aromatic N) is 1. The van der Waals surface area contributed by atoms with Gasteiger partial charge in [0.2, 0.25) is 0 Å². The molecule has 1 unspecified atom stereocenters. The summed E-state index contributed by atoms with van der Waals surface area (Å²) >= 11 is 0. The first-order valence-electron chi connectivity index (χ1n) is 6.62. The van der Waals surface area contributed by atoms with Crippen LogP contribution in [0.3, 0.4) is 0 Å². The molecule has 1 aromatic rings. The van der Waals surface area contributed by atoms with Crippen molar-refractivity contribution in [1.82, 2.24) is 4.90 Å². The molecule has 3 fully saturated rings. The summed E-state index contributed by atoms with van der Waals surface area (Å²) in [6, 6.07) is 6.03. The van der Waals surface area contributed by atoms with Crippen molar-refractivity contribution >= 4 is 5.69 Å². The normalized spacial score (nSPS) is 30.2. The highest BCUT2D eigenvalue weighted by molar-refractivity contribution is 5.54. The van der Waals surface area contributed by atoms with Gasteiger partial charge in [0.1, 0.15) is 0 Å². The monoisotopic (exact) mass is 248 g/mol. The van der Waals surface area contributed by atoms with Crippen LogP contribution in [0.15, 0.2) is 18.2 Å². The van der Waals surface area contributed by atoms with Gasteiger partial charge in [0.25, 0.3) is 0 Å². The number of hydrogen-bond donors (Lipinski definition) is 2. The molecule has 4 rings (SSSR count). The number of rotatable bonds is 3. The zero-order valence-electron chi connectivity index (χ0n) is 10.7. The summed E-state index contributed by atoms with van der Waals surface area (Å²) in [5.41, 5.74) is 0.979. The Morgan fingerprint density at radius 2 is 2.11 bits per heavy atom. The second kappa shape index (κ2) is 4.69. The van der Waals surface area contributed by atoms with Gasteiger partial charge in [-0.1, -0.05) is 0 Å². The molecule has 3 saturated heterocycles. The van der Waals surface area contributed by atoms with E-state index in [1.165, 1.54) is 25.9 Å². The van der Waals surface area contributed by atoms with E-state index in [4.69, 9.17) is 4.74 Å². The maximum absolute atomic E-state index is 9.78. The summed E-state index contributed by atoms with van der Waals surface area (Å²) in [6.45, 7) is 3.62. The van der Waals surface area contributed by atoms with E-state index in [1.807, 2.05) is 6.07 Å². The molecule has 4 nitrogen and oxygen atoms in total. The van der Waals surface area contributed by atoms with Gasteiger partial charge < -0.3 is 20.1 Å². The van der Waals surface area contributed by atoms with Crippen molar-refractivity contribution in [2.45, 2.75) is 18.9 Å². The van der Waals surface area contributed by atoms with Crippen molar-refractivity contribution in [2.24, 2.45) is 5.92 Å². The topological polar surface area (TPSA) is 44.7 Å². The van der Waals surface area contributed by atoms with E-state index in [9.17, 15) is 5.11 Å². The molecule has 0 saturated carbocycles. The third-order valence-electron chi connectivity index (χ3n) is 4.19. The summed E-state index contributed by atoms with van der Waals surface area (Å²) in [4.78, 5) is 2.51. The molecule has 3 aliphatic heterocycles. The number of aromatic hydroxyl groups is 1. The Labute approximate surface area is 108 Å². The van der Waals surface area contributed by atoms with E-state index >= 15 is 0 Å². The lowest BCUT2D eigenvalue weighted by Crippen LogP contribution is -2.53. The first kappa shape index (κ1) is 11.7. The van der Waals surface area contributed by atoms with Gasteiger partial charge in [-0.15, -0.1) is 0 Å². The van der Waals surface area contributed by atoms with Crippen LogP contribution in [-0.4, -0.2) is 42.8 Å². The third kappa shape index (κ3) is 2.12. The summed E-state index contributed by atoms with van der Waals surface area (Å²) < 4.78 is 5.05. The number of phenols is 1. The SMILES string of the molecule is COc1ccc(NC2CN3CCC2CC3)cc1O. The lowest BCUT2D eigenvalue weighted by atomic mass is 9.84. The van der Waals surface area contributed by atoms with E-state index in [0.29, 0.717) is 11.8 Å². The molecule has 3 heterocycles. The Bertz CT molecular complexity index is 428. The molecule has 18 heavy (non-hydrogen) atoms. The Morgan fingerprint density at radius 3 is 2.67 bits per heavy atom. The van der Waals surface area contributed by atoms with Crippen LogP contribution in [0.2, 0.25) is 0 Å². The largest absolute Gasteiger partial charge is 0.504 e. The summed E-state index contributed by atoms with van der Waals surface area (Å²) in [7, 11) is 1.57. The molecular weight excluding hydrogens is 228 g/mol. The van der Waals surface area contributed by atoms with Crippen LogP contribution in [0.5, 0.6) is 11.5 Å². The Morgan fingerprint density at radius 1 is 1.33 bits per heavy atom. The van der Waals surface area contributed by atoms with Crippen LogP contribution in [0.4, 0.5) is 5.69 Å². The molecule has 4 heteroatoms. The standard InChI is InChI=1S/C14H20N2O2/c1-18-14-3-2-11(8-13(14)17)15-12-9-16-6-4-10(12)5-7-16/h2-3,8,10,12,15,17H,4-7,9H2,1H3. The lowest BCUT2D eigenvalue weighted by Gasteiger charge is -2.45. The third-order valence-corrected chi connectivity index (χ3v) is 4.19. The highest BCUT2D eigenvalue weighted by Crippen LogP contribution is 2.32. The smallest absolute Gasteiger partial charge is 0.160 e.